The van der Waals surface area contributed by atoms with Crippen LogP contribution in [0.5, 0.6) is 0 Å². The molecule has 0 aliphatic heterocycles. The second-order valence-corrected chi connectivity index (χ2v) is 4.05. The van der Waals surface area contributed by atoms with E-state index in [4.69, 9.17) is 4.74 Å². The molecule has 0 aliphatic rings. The second-order valence-electron chi connectivity index (χ2n) is 4.05. The maximum Gasteiger partial charge on any atom is 0.224 e. The van der Waals surface area contributed by atoms with Crippen molar-refractivity contribution in [2.24, 2.45) is 11.8 Å². The van der Waals surface area contributed by atoms with Crippen LogP contribution in [0.1, 0.15) is 20.3 Å². The first-order chi connectivity index (χ1) is 7.13. The molecule has 15 heavy (non-hydrogen) atoms. The summed E-state index contributed by atoms with van der Waals surface area (Å²) in [7, 11) is 3.54. The molecule has 2 N–H and O–H groups in total. The number of hydrogen-bond acceptors (Lipinski definition) is 3. The lowest BCUT2D eigenvalue weighted by Crippen LogP contribution is -2.39. The van der Waals surface area contributed by atoms with Gasteiger partial charge in [-0.3, -0.25) is 4.79 Å². The lowest BCUT2D eigenvalue weighted by atomic mass is 9.95. The van der Waals surface area contributed by atoms with Gasteiger partial charge in [0.05, 0.1) is 5.92 Å². The van der Waals surface area contributed by atoms with Gasteiger partial charge in [0.15, 0.2) is 0 Å². The predicted molar refractivity (Wildman–Crippen MR) is 61.8 cm³/mol. The van der Waals surface area contributed by atoms with E-state index in [-0.39, 0.29) is 11.8 Å². The van der Waals surface area contributed by atoms with Gasteiger partial charge in [-0.15, -0.1) is 0 Å². The topological polar surface area (TPSA) is 50.4 Å². The molecule has 0 bridgehead atoms. The van der Waals surface area contributed by atoms with Crippen LogP contribution in [0.3, 0.4) is 0 Å². The van der Waals surface area contributed by atoms with Crippen molar-refractivity contribution in [3.8, 4) is 0 Å². The molecule has 0 saturated carbocycles. The number of hydrogen-bond donors (Lipinski definition) is 2. The first-order valence-electron chi connectivity index (χ1n) is 5.54. The third kappa shape index (κ3) is 6.47. The number of methoxy groups -OCH3 is 1. The maximum absolute atomic E-state index is 11.7. The van der Waals surface area contributed by atoms with Crippen molar-refractivity contribution in [2.75, 3.05) is 33.9 Å². The fourth-order valence-electron chi connectivity index (χ4n) is 1.41. The smallest absolute Gasteiger partial charge is 0.224 e. The van der Waals surface area contributed by atoms with Crippen molar-refractivity contribution in [1.82, 2.24) is 10.6 Å². The summed E-state index contributed by atoms with van der Waals surface area (Å²) in [6.07, 6.45) is 0.868. The summed E-state index contributed by atoms with van der Waals surface area (Å²) in [5, 5.41) is 5.97. The highest BCUT2D eigenvalue weighted by molar-refractivity contribution is 5.79. The van der Waals surface area contributed by atoms with E-state index in [1.54, 1.807) is 7.11 Å². The fraction of sp³-hybridized carbons (Fsp3) is 0.909. The van der Waals surface area contributed by atoms with Crippen molar-refractivity contribution in [1.29, 1.82) is 0 Å². The van der Waals surface area contributed by atoms with Gasteiger partial charge < -0.3 is 15.4 Å². The molecule has 4 nitrogen and oxygen atoms in total. The van der Waals surface area contributed by atoms with Crippen LogP contribution in [0, 0.1) is 11.8 Å². The highest BCUT2D eigenvalue weighted by Crippen LogP contribution is 2.09. The average Bonchev–Trinajstić information content (AvgIpc) is 2.20. The van der Waals surface area contributed by atoms with Crippen LogP contribution in [-0.2, 0) is 9.53 Å². The second kappa shape index (κ2) is 8.68. The van der Waals surface area contributed by atoms with E-state index >= 15 is 0 Å². The van der Waals surface area contributed by atoms with Gasteiger partial charge >= 0.3 is 0 Å². The summed E-state index contributed by atoms with van der Waals surface area (Å²) in [6.45, 7) is 6.25. The van der Waals surface area contributed by atoms with Crippen LogP contribution >= 0.6 is 0 Å². The van der Waals surface area contributed by atoms with Crippen LogP contribution in [-0.4, -0.2) is 39.8 Å². The van der Waals surface area contributed by atoms with E-state index in [9.17, 15) is 4.79 Å². The lowest BCUT2D eigenvalue weighted by Gasteiger charge is -2.19. The third-order valence-corrected chi connectivity index (χ3v) is 2.39. The van der Waals surface area contributed by atoms with Crippen molar-refractivity contribution < 1.29 is 9.53 Å². The van der Waals surface area contributed by atoms with Crippen LogP contribution < -0.4 is 10.6 Å². The van der Waals surface area contributed by atoms with Gasteiger partial charge in [0.1, 0.15) is 0 Å². The number of carbonyl (C=O) groups excluding carboxylic acids is 1. The van der Waals surface area contributed by atoms with E-state index in [1.165, 1.54) is 0 Å². The minimum atomic E-state index is 0.0533. The summed E-state index contributed by atoms with van der Waals surface area (Å²) >= 11 is 0. The molecule has 0 aromatic heterocycles. The highest BCUT2D eigenvalue weighted by atomic mass is 16.5. The van der Waals surface area contributed by atoms with Gasteiger partial charge in [-0.1, -0.05) is 13.8 Å². The van der Waals surface area contributed by atoms with Gasteiger partial charge in [-0.2, -0.15) is 0 Å². The minimum Gasteiger partial charge on any atom is -0.385 e. The maximum atomic E-state index is 11.7. The summed E-state index contributed by atoms with van der Waals surface area (Å²) in [4.78, 5) is 11.7. The molecule has 0 saturated heterocycles. The van der Waals surface area contributed by atoms with Crippen LogP contribution in [0.4, 0.5) is 0 Å². The van der Waals surface area contributed by atoms with Crippen molar-refractivity contribution in [3.63, 3.8) is 0 Å². The Hall–Kier alpha value is -0.610. The molecule has 0 radical (unpaired) electrons. The Morgan fingerprint density at radius 2 is 2.07 bits per heavy atom. The summed E-state index contributed by atoms with van der Waals surface area (Å²) < 4.78 is 4.92. The molecular weight excluding hydrogens is 192 g/mol. The Kier molecular flexibility index (Phi) is 8.33. The monoisotopic (exact) mass is 216 g/mol. The molecule has 0 aromatic carbocycles. The van der Waals surface area contributed by atoms with Gasteiger partial charge in [-0.05, 0) is 19.4 Å². The third-order valence-electron chi connectivity index (χ3n) is 2.39. The van der Waals surface area contributed by atoms with Crippen molar-refractivity contribution in [2.45, 2.75) is 20.3 Å². The Morgan fingerprint density at radius 1 is 1.40 bits per heavy atom. The molecule has 0 spiro atoms. The van der Waals surface area contributed by atoms with Gasteiger partial charge in [0, 0.05) is 26.8 Å². The molecule has 0 aromatic rings. The molecule has 1 unspecified atom stereocenters. The SMILES string of the molecule is CNCC(C(=O)NCCCOC)C(C)C. The zero-order chi connectivity index (χ0) is 11.7. The minimum absolute atomic E-state index is 0.0533. The van der Waals surface area contributed by atoms with Gasteiger partial charge in [0.2, 0.25) is 5.91 Å². The lowest BCUT2D eigenvalue weighted by molar-refractivity contribution is -0.126. The van der Waals surface area contributed by atoms with Gasteiger partial charge in [0.25, 0.3) is 0 Å². The number of nitrogens with one attached hydrogen (secondary N) is 2. The highest BCUT2D eigenvalue weighted by Gasteiger charge is 2.20. The van der Waals surface area contributed by atoms with E-state index in [0.29, 0.717) is 19.1 Å². The number of rotatable bonds is 8. The summed E-state index contributed by atoms with van der Waals surface area (Å²) in [6, 6.07) is 0. The number of amides is 1. The van der Waals surface area contributed by atoms with Crippen LogP contribution in [0.2, 0.25) is 0 Å². The summed E-state index contributed by atoms with van der Waals surface area (Å²) in [5.74, 6) is 0.549. The normalized spacial score (nSPS) is 12.9. The molecule has 0 heterocycles. The molecule has 0 rings (SSSR count). The largest absolute Gasteiger partial charge is 0.385 e. The molecule has 4 heteroatoms. The molecular formula is C11H24N2O2. The van der Waals surface area contributed by atoms with E-state index in [2.05, 4.69) is 24.5 Å². The first-order valence-corrected chi connectivity index (χ1v) is 5.54. The standard InChI is InChI=1S/C11H24N2O2/c1-9(2)10(8-12-3)11(14)13-6-5-7-15-4/h9-10,12H,5-8H2,1-4H3,(H,13,14). The van der Waals surface area contributed by atoms with Crippen LogP contribution in [0.15, 0.2) is 0 Å². The quantitative estimate of drug-likeness (QED) is 0.585. The van der Waals surface area contributed by atoms with E-state index in [1.807, 2.05) is 7.05 Å². The zero-order valence-electron chi connectivity index (χ0n) is 10.3. The number of ether oxygens (including phenoxy) is 1. The Bertz CT molecular complexity index is 172. The first kappa shape index (κ1) is 14.4. The average molecular weight is 216 g/mol. The molecule has 90 valence electrons. The molecule has 1 atom stereocenters. The molecule has 1 amide bonds. The predicted octanol–water partition coefficient (Wildman–Crippen LogP) is 0.631. The van der Waals surface area contributed by atoms with Crippen LogP contribution in [0.25, 0.3) is 0 Å². The van der Waals surface area contributed by atoms with E-state index in [0.717, 1.165) is 13.0 Å². The fourth-order valence-corrected chi connectivity index (χ4v) is 1.41. The Balaban J connectivity index is 3.82. The van der Waals surface area contributed by atoms with E-state index < -0.39 is 0 Å². The molecule has 0 aliphatic carbocycles. The van der Waals surface area contributed by atoms with Crippen molar-refractivity contribution in [3.05, 3.63) is 0 Å². The molecule has 0 fully saturated rings. The van der Waals surface area contributed by atoms with Gasteiger partial charge in [-0.25, -0.2) is 0 Å². The Labute approximate surface area is 92.8 Å². The summed E-state index contributed by atoms with van der Waals surface area (Å²) in [5.41, 5.74) is 0. The Morgan fingerprint density at radius 3 is 2.53 bits per heavy atom. The zero-order valence-corrected chi connectivity index (χ0v) is 10.3. The number of carbonyl (C=O) groups is 1. The van der Waals surface area contributed by atoms with Crippen molar-refractivity contribution >= 4 is 5.91 Å².